The van der Waals surface area contributed by atoms with E-state index in [9.17, 15) is 9.59 Å². The maximum Gasteiger partial charge on any atom is 0.337 e. The number of rotatable bonds is 4. The quantitative estimate of drug-likeness (QED) is 0.909. The predicted octanol–water partition coefficient (Wildman–Crippen LogP) is 2.67. The van der Waals surface area contributed by atoms with Gasteiger partial charge in [0.05, 0.1) is 11.3 Å². The molecular formula is C14H20N2O3. The summed E-state index contributed by atoms with van der Waals surface area (Å²) in [4.78, 5) is 26.6. The highest BCUT2D eigenvalue weighted by Crippen LogP contribution is 2.20. The van der Waals surface area contributed by atoms with Crippen molar-refractivity contribution in [3.8, 4) is 0 Å². The third-order valence-corrected chi connectivity index (χ3v) is 2.99. The van der Waals surface area contributed by atoms with Crippen LogP contribution in [0.3, 0.4) is 0 Å². The molecule has 104 valence electrons. The molecule has 0 atom stereocenters. The summed E-state index contributed by atoms with van der Waals surface area (Å²) in [6, 6.07) is 6.36. The third-order valence-electron chi connectivity index (χ3n) is 2.99. The van der Waals surface area contributed by atoms with Gasteiger partial charge < -0.3 is 10.0 Å². The van der Waals surface area contributed by atoms with E-state index in [1.165, 1.54) is 11.0 Å². The fourth-order valence-corrected chi connectivity index (χ4v) is 1.96. The zero-order valence-electron chi connectivity index (χ0n) is 11.8. The Morgan fingerprint density at radius 2 is 1.84 bits per heavy atom. The first-order chi connectivity index (χ1) is 8.90. The molecule has 1 rings (SSSR count). The molecular weight excluding hydrogens is 244 g/mol. The number of carboxylic acid groups (broad SMARTS) is 1. The molecule has 0 aromatic heterocycles. The fraction of sp³-hybridized carbons (Fsp3) is 0.429. The number of benzene rings is 1. The third kappa shape index (κ3) is 3.24. The second-order valence-corrected chi connectivity index (χ2v) is 4.54. The van der Waals surface area contributed by atoms with Crippen LogP contribution < -0.4 is 4.90 Å². The molecule has 0 spiro atoms. The van der Waals surface area contributed by atoms with Gasteiger partial charge >= 0.3 is 12.0 Å². The van der Waals surface area contributed by atoms with E-state index in [0.29, 0.717) is 12.2 Å². The van der Waals surface area contributed by atoms with Gasteiger partial charge in [0, 0.05) is 19.6 Å². The molecule has 2 amide bonds. The first kappa shape index (κ1) is 15.0. The monoisotopic (exact) mass is 264 g/mol. The summed E-state index contributed by atoms with van der Waals surface area (Å²) in [7, 11) is 1.59. The molecule has 0 fully saturated rings. The smallest absolute Gasteiger partial charge is 0.337 e. The number of hydrogen-bond donors (Lipinski definition) is 1. The Hall–Kier alpha value is -2.04. The lowest BCUT2D eigenvalue weighted by molar-refractivity contribution is 0.0697. The molecule has 0 aliphatic carbocycles. The van der Waals surface area contributed by atoms with Gasteiger partial charge in [0.25, 0.3) is 0 Å². The molecule has 0 bridgehead atoms. The number of hydrogen-bond acceptors (Lipinski definition) is 2. The van der Waals surface area contributed by atoms with Crippen LogP contribution in [0.1, 0.15) is 31.1 Å². The number of carboxylic acids is 1. The Balaban J connectivity index is 3.10. The molecule has 1 aromatic rings. The van der Waals surface area contributed by atoms with E-state index in [1.807, 2.05) is 20.8 Å². The van der Waals surface area contributed by atoms with Gasteiger partial charge in [0.15, 0.2) is 0 Å². The van der Waals surface area contributed by atoms with Crippen molar-refractivity contribution >= 4 is 17.7 Å². The summed E-state index contributed by atoms with van der Waals surface area (Å²) in [5.41, 5.74) is 0.525. The highest BCUT2D eigenvalue weighted by Gasteiger charge is 2.23. The van der Waals surface area contributed by atoms with Gasteiger partial charge in [-0.05, 0) is 32.9 Å². The normalized spacial score (nSPS) is 10.4. The average molecular weight is 264 g/mol. The first-order valence-electron chi connectivity index (χ1n) is 6.26. The van der Waals surface area contributed by atoms with Crippen molar-refractivity contribution in [3.63, 3.8) is 0 Å². The molecule has 0 radical (unpaired) electrons. The fourth-order valence-electron chi connectivity index (χ4n) is 1.96. The lowest BCUT2D eigenvalue weighted by atomic mass is 10.1. The molecule has 0 aliphatic rings. The van der Waals surface area contributed by atoms with Crippen LogP contribution in [-0.2, 0) is 0 Å². The van der Waals surface area contributed by atoms with Crippen molar-refractivity contribution in [3.05, 3.63) is 29.8 Å². The SMILES string of the molecule is CCN(C(=O)N(C)c1ccccc1C(=O)O)C(C)C. The lowest BCUT2D eigenvalue weighted by Crippen LogP contribution is -2.45. The van der Waals surface area contributed by atoms with Gasteiger partial charge in [-0.1, -0.05) is 12.1 Å². The summed E-state index contributed by atoms with van der Waals surface area (Å²) >= 11 is 0. The molecule has 0 unspecified atom stereocenters. The molecule has 5 heteroatoms. The van der Waals surface area contributed by atoms with Gasteiger partial charge in [0.1, 0.15) is 0 Å². The summed E-state index contributed by atoms with van der Waals surface area (Å²) in [6.45, 7) is 6.33. The van der Waals surface area contributed by atoms with Gasteiger partial charge in [-0.2, -0.15) is 0 Å². The van der Waals surface area contributed by atoms with Crippen LogP contribution in [0.15, 0.2) is 24.3 Å². The van der Waals surface area contributed by atoms with Crippen LogP contribution in [0, 0.1) is 0 Å². The Morgan fingerprint density at radius 3 is 2.32 bits per heavy atom. The van der Waals surface area contributed by atoms with Crippen molar-refractivity contribution in [2.45, 2.75) is 26.8 Å². The number of carbonyl (C=O) groups excluding carboxylic acids is 1. The van der Waals surface area contributed by atoms with Crippen LogP contribution in [0.4, 0.5) is 10.5 Å². The lowest BCUT2D eigenvalue weighted by Gasteiger charge is -2.30. The second kappa shape index (κ2) is 6.22. The minimum Gasteiger partial charge on any atom is -0.478 e. The average Bonchev–Trinajstić information content (AvgIpc) is 2.38. The molecule has 0 heterocycles. The maximum absolute atomic E-state index is 12.3. The number of urea groups is 1. The van der Waals surface area contributed by atoms with Crippen molar-refractivity contribution < 1.29 is 14.7 Å². The molecule has 5 nitrogen and oxygen atoms in total. The molecule has 1 aromatic carbocycles. The molecule has 19 heavy (non-hydrogen) atoms. The highest BCUT2D eigenvalue weighted by atomic mass is 16.4. The number of anilines is 1. The van der Waals surface area contributed by atoms with E-state index in [4.69, 9.17) is 5.11 Å². The van der Waals surface area contributed by atoms with Crippen LogP contribution in [0.2, 0.25) is 0 Å². The number of amides is 2. The Labute approximate surface area is 113 Å². The minimum absolute atomic E-state index is 0.0666. The van der Waals surface area contributed by atoms with E-state index in [-0.39, 0.29) is 17.6 Å². The van der Waals surface area contributed by atoms with Crippen LogP contribution >= 0.6 is 0 Å². The van der Waals surface area contributed by atoms with E-state index in [2.05, 4.69) is 0 Å². The summed E-state index contributed by atoms with van der Waals surface area (Å²) in [5, 5.41) is 9.15. The van der Waals surface area contributed by atoms with E-state index < -0.39 is 5.97 Å². The predicted molar refractivity (Wildman–Crippen MR) is 74.7 cm³/mol. The topological polar surface area (TPSA) is 60.9 Å². The van der Waals surface area contributed by atoms with E-state index in [1.54, 1.807) is 30.1 Å². The number of nitrogens with zero attached hydrogens (tertiary/aromatic N) is 2. The number of para-hydroxylation sites is 1. The summed E-state index contributed by atoms with van der Waals surface area (Å²) in [5.74, 6) is -1.04. The molecule has 0 saturated heterocycles. The second-order valence-electron chi connectivity index (χ2n) is 4.54. The summed E-state index contributed by atoms with van der Waals surface area (Å²) < 4.78 is 0. The first-order valence-corrected chi connectivity index (χ1v) is 6.26. The van der Waals surface area contributed by atoms with Crippen molar-refractivity contribution in [1.29, 1.82) is 0 Å². The van der Waals surface area contributed by atoms with Gasteiger partial charge in [-0.3, -0.25) is 4.90 Å². The Bertz CT molecular complexity index is 472. The Morgan fingerprint density at radius 1 is 1.26 bits per heavy atom. The number of carbonyl (C=O) groups is 2. The zero-order valence-corrected chi connectivity index (χ0v) is 11.8. The molecule has 1 N–H and O–H groups in total. The van der Waals surface area contributed by atoms with Gasteiger partial charge in [-0.25, -0.2) is 9.59 Å². The maximum atomic E-state index is 12.3. The Kier molecular flexibility index (Phi) is 4.92. The molecule has 0 aliphatic heterocycles. The minimum atomic E-state index is -1.04. The van der Waals surface area contributed by atoms with Crippen molar-refractivity contribution in [2.24, 2.45) is 0 Å². The van der Waals surface area contributed by atoms with Gasteiger partial charge in [0.2, 0.25) is 0 Å². The number of aromatic carboxylic acids is 1. The van der Waals surface area contributed by atoms with Crippen molar-refractivity contribution in [1.82, 2.24) is 4.90 Å². The summed E-state index contributed by atoms with van der Waals surface area (Å²) in [6.07, 6.45) is 0. The van der Waals surface area contributed by atoms with Gasteiger partial charge in [-0.15, -0.1) is 0 Å². The standard InChI is InChI=1S/C14H20N2O3/c1-5-16(10(2)3)14(19)15(4)12-9-7-6-8-11(12)13(17)18/h6-10H,5H2,1-4H3,(H,17,18). The van der Waals surface area contributed by atoms with Crippen molar-refractivity contribution in [2.75, 3.05) is 18.5 Å². The van der Waals surface area contributed by atoms with E-state index >= 15 is 0 Å². The largest absolute Gasteiger partial charge is 0.478 e. The van der Waals surface area contributed by atoms with E-state index in [0.717, 1.165) is 0 Å². The molecule has 0 saturated carbocycles. The zero-order chi connectivity index (χ0) is 14.6. The van der Waals surface area contributed by atoms with Crippen LogP contribution in [0.5, 0.6) is 0 Å². The van der Waals surface area contributed by atoms with Crippen LogP contribution in [0.25, 0.3) is 0 Å². The van der Waals surface area contributed by atoms with Crippen LogP contribution in [-0.4, -0.2) is 41.6 Å². The highest BCUT2D eigenvalue weighted by molar-refractivity contribution is 6.01.